The smallest absolute Gasteiger partial charge is 0.198 e. The van der Waals surface area contributed by atoms with Gasteiger partial charge < -0.3 is 4.74 Å². The van der Waals surface area contributed by atoms with Crippen LogP contribution in [0.4, 0.5) is 8.78 Å². The van der Waals surface area contributed by atoms with E-state index in [9.17, 15) is 13.6 Å². The topological polar surface area (TPSA) is 26.3 Å². The van der Waals surface area contributed by atoms with Gasteiger partial charge in [-0.25, -0.2) is 8.78 Å². The summed E-state index contributed by atoms with van der Waals surface area (Å²) in [7, 11) is 0. The summed E-state index contributed by atoms with van der Waals surface area (Å²) in [5, 5.41) is 0. The Hall–Kier alpha value is -2.53. The van der Waals surface area contributed by atoms with E-state index < -0.39 is 17.4 Å². The molecule has 0 amide bonds. The molecule has 0 N–H and O–H groups in total. The summed E-state index contributed by atoms with van der Waals surface area (Å²) in [5.41, 5.74) is 0.369. The molecule has 5 heteroatoms. The number of hydrogen-bond acceptors (Lipinski definition) is 3. The molecule has 2 aromatic carbocycles. The Morgan fingerprint density at radius 3 is 2.23 bits per heavy atom. The third kappa shape index (κ3) is 2.89. The van der Waals surface area contributed by atoms with E-state index >= 15 is 0 Å². The van der Waals surface area contributed by atoms with Crippen molar-refractivity contribution in [2.45, 2.75) is 0 Å². The van der Waals surface area contributed by atoms with Crippen molar-refractivity contribution in [3.63, 3.8) is 0 Å². The molecule has 1 aromatic heterocycles. The minimum Gasteiger partial charge on any atom is -0.451 e. The van der Waals surface area contributed by atoms with Crippen molar-refractivity contribution >= 4 is 17.6 Å². The first-order valence-electron chi connectivity index (χ1n) is 6.44. The number of halogens is 2. The number of carbonyl (C=O) groups is 1. The molecule has 0 aliphatic heterocycles. The normalized spacial score (nSPS) is 10.5. The van der Waals surface area contributed by atoms with Crippen molar-refractivity contribution in [3.05, 3.63) is 71.1 Å². The van der Waals surface area contributed by atoms with Crippen LogP contribution in [0, 0.1) is 11.6 Å². The minimum absolute atomic E-state index is 0.354. The van der Waals surface area contributed by atoms with Crippen LogP contribution in [0.25, 0.3) is 10.4 Å². The molecule has 0 bridgehead atoms. The molecule has 0 fully saturated rings. The van der Waals surface area contributed by atoms with Crippen molar-refractivity contribution in [1.29, 1.82) is 0 Å². The lowest BCUT2D eigenvalue weighted by atomic mass is 10.1. The molecule has 0 aliphatic carbocycles. The summed E-state index contributed by atoms with van der Waals surface area (Å²) in [6.07, 6.45) is 0.702. The van der Waals surface area contributed by atoms with E-state index in [0.29, 0.717) is 27.4 Å². The van der Waals surface area contributed by atoms with Gasteiger partial charge in [-0.3, -0.25) is 4.79 Å². The molecule has 110 valence electrons. The SMILES string of the molecule is O=Cc1ccc(-c2cc(F)c(Oc3ccccc3)c(F)c2)s1. The van der Waals surface area contributed by atoms with Crippen LogP contribution < -0.4 is 4.74 Å². The van der Waals surface area contributed by atoms with Gasteiger partial charge in [0.2, 0.25) is 0 Å². The molecular weight excluding hydrogens is 306 g/mol. The third-order valence-corrected chi connectivity index (χ3v) is 4.05. The number of ether oxygens (including phenoxy) is 1. The van der Waals surface area contributed by atoms with E-state index in [1.165, 1.54) is 23.5 Å². The Labute approximate surface area is 129 Å². The fourth-order valence-electron chi connectivity index (χ4n) is 1.98. The molecule has 2 nitrogen and oxygen atoms in total. The zero-order valence-electron chi connectivity index (χ0n) is 11.3. The highest BCUT2D eigenvalue weighted by molar-refractivity contribution is 7.17. The van der Waals surface area contributed by atoms with E-state index in [2.05, 4.69) is 0 Å². The second-order valence-electron chi connectivity index (χ2n) is 4.50. The maximum atomic E-state index is 14.1. The molecule has 3 rings (SSSR count). The van der Waals surface area contributed by atoms with Gasteiger partial charge in [-0.1, -0.05) is 18.2 Å². The summed E-state index contributed by atoms with van der Waals surface area (Å²) in [6.45, 7) is 0. The van der Waals surface area contributed by atoms with Crippen LogP contribution in [-0.2, 0) is 0 Å². The Kier molecular flexibility index (Phi) is 3.98. The highest BCUT2D eigenvalue weighted by Gasteiger charge is 2.15. The van der Waals surface area contributed by atoms with Gasteiger partial charge in [0.1, 0.15) is 5.75 Å². The predicted octanol–water partition coefficient (Wildman–Crippen LogP) is 5.30. The molecule has 0 spiro atoms. The van der Waals surface area contributed by atoms with E-state index in [4.69, 9.17) is 4.74 Å². The number of benzene rings is 2. The molecule has 1 heterocycles. The summed E-state index contributed by atoms with van der Waals surface area (Å²) >= 11 is 1.17. The second kappa shape index (κ2) is 6.07. The van der Waals surface area contributed by atoms with Crippen LogP contribution >= 0.6 is 11.3 Å². The number of aldehydes is 1. The van der Waals surface area contributed by atoms with E-state index in [1.807, 2.05) is 0 Å². The molecule has 3 aromatic rings. The average molecular weight is 316 g/mol. The van der Waals surface area contributed by atoms with E-state index in [0.717, 1.165) is 0 Å². The lowest BCUT2D eigenvalue weighted by Crippen LogP contribution is -1.93. The van der Waals surface area contributed by atoms with Crippen molar-refractivity contribution in [3.8, 4) is 21.9 Å². The zero-order valence-corrected chi connectivity index (χ0v) is 12.1. The minimum atomic E-state index is -0.792. The van der Waals surface area contributed by atoms with E-state index in [-0.39, 0.29) is 0 Å². The molecular formula is C17H10F2O2S. The molecule has 0 saturated heterocycles. The Balaban J connectivity index is 1.96. The highest BCUT2D eigenvalue weighted by Crippen LogP contribution is 2.34. The number of hydrogen-bond donors (Lipinski definition) is 0. The van der Waals surface area contributed by atoms with Gasteiger partial charge >= 0.3 is 0 Å². The Morgan fingerprint density at radius 1 is 0.955 bits per heavy atom. The summed E-state index contributed by atoms with van der Waals surface area (Å²) in [6, 6.07) is 14.1. The standard InChI is InChI=1S/C17H10F2O2S/c18-14-8-11(16-7-6-13(10-20)22-16)9-15(19)17(14)21-12-4-2-1-3-5-12/h1-10H. The van der Waals surface area contributed by atoms with Gasteiger partial charge in [-0.05, 0) is 42.0 Å². The monoisotopic (exact) mass is 316 g/mol. The van der Waals surface area contributed by atoms with Gasteiger partial charge in [0.15, 0.2) is 23.7 Å². The quantitative estimate of drug-likeness (QED) is 0.611. The van der Waals surface area contributed by atoms with Gasteiger partial charge in [0, 0.05) is 4.88 Å². The largest absolute Gasteiger partial charge is 0.451 e. The maximum absolute atomic E-state index is 14.1. The average Bonchev–Trinajstić information content (AvgIpc) is 3.01. The highest BCUT2D eigenvalue weighted by atomic mass is 32.1. The molecule has 0 saturated carbocycles. The van der Waals surface area contributed by atoms with Crippen molar-refractivity contribution in [1.82, 2.24) is 0 Å². The molecule has 0 radical (unpaired) electrons. The van der Waals surface area contributed by atoms with Crippen LogP contribution in [0.2, 0.25) is 0 Å². The van der Waals surface area contributed by atoms with Crippen LogP contribution in [0.5, 0.6) is 11.5 Å². The fraction of sp³-hybridized carbons (Fsp3) is 0. The lowest BCUT2D eigenvalue weighted by Gasteiger charge is -2.09. The second-order valence-corrected chi connectivity index (χ2v) is 5.62. The van der Waals surface area contributed by atoms with Crippen LogP contribution in [0.3, 0.4) is 0 Å². The molecule has 0 atom stereocenters. The molecule has 22 heavy (non-hydrogen) atoms. The van der Waals surface area contributed by atoms with Gasteiger partial charge in [-0.2, -0.15) is 0 Å². The first-order chi connectivity index (χ1) is 10.7. The zero-order chi connectivity index (χ0) is 15.5. The van der Waals surface area contributed by atoms with Crippen LogP contribution in [-0.4, -0.2) is 6.29 Å². The summed E-state index contributed by atoms with van der Waals surface area (Å²) in [4.78, 5) is 11.8. The first-order valence-corrected chi connectivity index (χ1v) is 7.26. The predicted molar refractivity (Wildman–Crippen MR) is 81.6 cm³/mol. The number of thiophene rings is 1. The number of carbonyl (C=O) groups excluding carboxylic acids is 1. The maximum Gasteiger partial charge on any atom is 0.198 e. The van der Waals surface area contributed by atoms with Crippen LogP contribution in [0.1, 0.15) is 9.67 Å². The van der Waals surface area contributed by atoms with Crippen molar-refractivity contribution in [2.24, 2.45) is 0 Å². The van der Waals surface area contributed by atoms with Gasteiger partial charge in [0.05, 0.1) is 4.88 Å². The fourth-order valence-corrected chi connectivity index (χ4v) is 2.79. The molecule has 0 aliphatic rings. The number of rotatable bonds is 4. The summed E-state index contributed by atoms with van der Waals surface area (Å²) < 4.78 is 33.5. The third-order valence-electron chi connectivity index (χ3n) is 2.99. The Morgan fingerprint density at radius 2 is 1.64 bits per heavy atom. The first kappa shape index (κ1) is 14.4. The van der Waals surface area contributed by atoms with Crippen molar-refractivity contribution in [2.75, 3.05) is 0 Å². The lowest BCUT2D eigenvalue weighted by molar-refractivity contribution is 0.112. The van der Waals surface area contributed by atoms with Gasteiger partial charge in [0.25, 0.3) is 0 Å². The van der Waals surface area contributed by atoms with Crippen molar-refractivity contribution < 1.29 is 18.3 Å². The van der Waals surface area contributed by atoms with E-state index in [1.54, 1.807) is 42.5 Å². The Bertz CT molecular complexity index is 790. The van der Waals surface area contributed by atoms with Crippen LogP contribution in [0.15, 0.2) is 54.6 Å². The summed E-state index contributed by atoms with van der Waals surface area (Å²) in [5.74, 6) is -1.67. The number of para-hydroxylation sites is 1. The molecule has 0 unspecified atom stereocenters. The van der Waals surface area contributed by atoms with Gasteiger partial charge in [-0.15, -0.1) is 11.3 Å².